The Labute approximate surface area is 143 Å². The zero-order chi connectivity index (χ0) is 16.4. The number of halogens is 1. The maximum atomic E-state index is 12.0. The van der Waals surface area contributed by atoms with E-state index < -0.39 is 0 Å². The van der Waals surface area contributed by atoms with Crippen LogP contribution in [0, 0.1) is 11.3 Å². The number of hydrogen-bond donors (Lipinski definition) is 1. The average molecular weight is 337 g/mol. The molecule has 0 aromatic heterocycles. The third-order valence-corrected chi connectivity index (χ3v) is 5.48. The van der Waals surface area contributed by atoms with Crippen molar-refractivity contribution in [3.8, 4) is 5.75 Å². The Balaban J connectivity index is 1.51. The Hall–Kier alpha value is -1.26. The highest BCUT2D eigenvalue weighted by Crippen LogP contribution is 2.51. The monoisotopic (exact) mass is 336 g/mol. The molecule has 1 aromatic carbocycles. The van der Waals surface area contributed by atoms with E-state index in [4.69, 9.17) is 16.3 Å². The minimum atomic E-state index is -0.0895. The van der Waals surface area contributed by atoms with Crippen LogP contribution in [0.2, 0.25) is 5.02 Å². The van der Waals surface area contributed by atoms with Gasteiger partial charge in [-0.1, -0.05) is 11.6 Å². The van der Waals surface area contributed by atoms with Crippen molar-refractivity contribution in [3.05, 3.63) is 28.8 Å². The summed E-state index contributed by atoms with van der Waals surface area (Å²) in [5, 5.41) is 3.88. The van der Waals surface area contributed by atoms with Gasteiger partial charge in [0.05, 0.1) is 17.2 Å². The summed E-state index contributed by atoms with van der Waals surface area (Å²) in [4.78, 5) is 13.5. The van der Waals surface area contributed by atoms with Crippen molar-refractivity contribution in [2.24, 2.45) is 11.3 Å². The third kappa shape index (κ3) is 3.64. The van der Waals surface area contributed by atoms with E-state index in [9.17, 15) is 4.79 Å². The molecular weight excluding hydrogens is 312 g/mol. The molecule has 0 radical (unpaired) electrons. The summed E-state index contributed by atoms with van der Waals surface area (Å²) in [6.45, 7) is 3.06. The van der Waals surface area contributed by atoms with E-state index in [-0.39, 0.29) is 5.91 Å². The van der Waals surface area contributed by atoms with Crippen LogP contribution >= 0.6 is 11.6 Å². The zero-order valence-corrected chi connectivity index (χ0v) is 14.7. The lowest BCUT2D eigenvalue weighted by molar-refractivity contribution is -0.00204. The van der Waals surface area contributed by atoms with Crippen LogP contribution < -0.4 is 10.1 Å². The smallest absolute Gasteiger partial charge is 0.254 e. The molecule has 1 heterocycles. The van der Waals surface area contributed by atoms with E-state index >= 15 is 0 Å². The molecule has 1 aromatic rings. The molecule has 2 aliphatic rings. The van der Waals surface area contributed by atoms with Gasteiger partial charge >= 0.3 is 0 Å². The molecule has 2 fully saturated rings. The predicted octanol–water partition coefficient (Wildman–Crippen LogP) is 3.20. The van der Waals surface area contributed by atoms with Crippen molar-refractivity contribution in [2.75, 3.05) is 33.8 Å². The fourth-order valence-electron chi connectivity index (χ4n) is 3.86. The first kappa shape index (κ1) is 16.6. The van der Waals surface area contributed by atoms with Gasteiger partial charge in [-0.15, -0.1) is 0 Å². The number of rotatable bonds is 4. The molecule has 1 aliphatic heterocycles. The van der Waals surface area contributed by atoms with Crippen LogP contribution in [-0.4, -0.2) is 44.6 Å². The van der Waals surface area contributed by atoms with Crippen molar-refractivity contribution >= 4 is 17.5 Å². The Morgan fingerprint density at radius 3 is 2.65 bits per heavy atom. The second-order valence-corrected chi connectivity index (χ2v) is 7.58. The van der Waals surface area contributed by atoms with Crippen molar-refractivity contribution in [1.82, 2.24) is 10.2 Å². The molecule has 1 N–H and O–H groups in total. The number of piperidine rings is 1. The molecule has 23 heavy (non-hydrogen) atoms. The fraction of sp³-hybridized carbons (Fsp3) is 0.611. The number of nitrogens with one attached hydrogen (secondary N) is 1. The Morgan fingerprint density at radius 1 is 1.35 bits per heavy atom. The van der Waals surface area contributed by atoms with Crippen LogP contribution in [0.3, 0.4) is 0 Å². The van der Waals surface area contributed by atoms with Gasteiger partial charge in [-0.05, 0) is 68.3 Å². The summed E-state index contributed by atoms with van der Waals surface area (Å²) in [6, 6.07) is 5.33. The maximum absolute atomic E-state index is 12.0. The van der Waals surface area contributed by atoms with E-state index in [1.165, 1.54) is 30.6 Å². The lowest BCUT2D eigenvalue weighted by Crippen LogP contribution is -2.46. The molecule has 1 amide bonds. The van der Waals surface area contributed by atoms with Crippen LogP contribution in [0.4, 0.5) is 0 Å². The number of hydrogen-bond acceptors (Lipinski definition) is 3. The maximum Gasteiger partial charge on any atom is 0.254 e. The Morgan fingerprint density at radius 2 is 2.04 bits per heavy atom. The van der Waals surface area contributed by atoms with Crippen molar-refractivity contribution in [3.63, 3.8) is 0 Å². The van der Waals surface area contributed by atoms with Crippen LogP contribution in [-0.2, 0) is 0 Å². The summed E-state index contributed by atoms with van der Waals surface area (Å²) in [6.07, 6.45) is 5.16. The molecule has 3 rings (SSSR count). The average Bonchev–Trinajstić information content (AvgIpc) is 2.51. The van der Waals surface area contributed by atoms with Crippen LogP contribution in [0.25, 0.3) is 0 Å². The lowest BCUT2D eigenvalue weighted by atomic mass is 9.58. The molecule has 1 saturated carbocycles. The first-order valence-corrected chi connectivity index (χ1v) is 8.72. The summed E-state index contributed by atoms with van der Waals surface area (Å²) in [7, 11) is 3.44. The van der Waals surface area contributed by atoms with Gasteiger partial charge in [-0.2, -0.15) is 0 Å². The lowest BCUT2D eigenvalue weighted by Gasteiger charge is -2.50. The van der Waals surface area contributed by atoms with E-state index in [1.807, 2.05) is 6.07 Å². The highest BCUT2D eigenvalue weighted by molar-refractivity contribution is 6.34. The minimum Gasteiger partial charge on any atom is -0.493 e. The highest BCUT2D eigenvalue weighted by Gasteiger charge is 2.44. The summed E-state index contributed by atoms with van der Waals surface area (Å²) in [5.74, 6) is 1.31. The highest BCUT2D eigenvalue weighted by atomic mass is 35.5. The van der Waals surface area contributed by atoms with Crippen LogP contribution in [0.15, 0.2) is 18.2 Å². The largest absolute Gasteiger partial charge is 0.493 e. The normalized spacial score (nSPS) is 20.1. The predicted molar refractivity (Wildman–Crippen MR) is 92.2 cm³/mol. The molecule has 4 nitrogen and oxygen atoms in total. The molecule has 0 unspecified atom stereocenters. The van der Waals surface area contributed by atoms with Crippen molar-refractivity contribution < 1.29 is 9.53 Å². The van der Waals surface area contributed by atoms with E-state index in [1.54, 1.807) is 26.2 Å². The molecule has 1 spiro atoms. The van der Waals surface area contributed by atoms with E-state index in [2.05, 4.69) is 5.32 Å². The molecule has 5 heteroatoms. The number of nitrogens with zero attached hydrogens (tertiary/aromatic N) is 1. The molecular formula is C18H25ClN2O2. The topological polar surface area (TPSA) is 41.6 Å². The van der Waals surface area contributed by atoms with Crippen molar-refractivity contribution in [1.29, 1.82) is 0 Å². The van der Waals surface area contributed by atoms with Gasteiger partial charge in [0.15, 0.2) is 0 Å². The summed E-state index contributed by atoms with van der Waals surface area (Å²) in [5.41, 5.74) is 1.10. The number of benzene rings is 1. The van der Waals surface area contributed by atoms with Gasteiger partial charge in [0.1, 0.15) is 5.75 Å². The number of ether oxygens (including phenoxy) is 1. The first-order chi connectivity index (χ1) is 11.0. The minimum absolute atomic E-state index is 0.0895. The molecule has 1 aliphatic carbocycles. The Kier molecular flexibility index (Phi) is 4.83. The van der Waals surface area contributed by atoms with Crippen molar-refractivity contribution in [2.45, 2.75) is 25.7 Å². The number of carbonyl (C=O) groups excluding carboxylic acids is 1. The Bertz CT molecular complexity index is 574. The second kappa shape index (κ2) is 6.70. The quantitative estimate of drug-likeness (QED) is 0.918. The van der Waals surface area contributed by atoms with E-state index in [0.717, 1.165) is 25.4 Å². The van der Waals surface area contributed by atoms with Gasteiger partial charge in [-0.3, -0.25) is 4.79 Å². The van der Waals surface area contributed by atoms with Gasteiger partial charge in [-0.25, -0.2) is 0 Å². The molecule has 126 valence electrons. The number of carbonyl (C=O) groups is 1. The molecule has 0 atom stereocenters. The second-order valence-electron chi connectivity index (χ2n) is 7.18. The number of amides is 1. The molecule has 0 bridgehead atoms. The summed E-state index contributed by atoms with van der Waals surface area (Å²) < 4.78 is 5.89. The van der Waals surface area contributed by atoms with Gasteiger partial charge in [0.25, 0.3) is 5.91 Å². The van der Waals surface area contributed by atoms with Gasteiger partial charge in [0.2, 0.25) is 0 Å². The standard InChI is InChI=1S/C18H25ClN2O2/c1-21(2)17(22)15-4-3-14(9-16(15)19)23-12-13-10-18(11-13)5-7-20-8-6-18/h3-4,9,13,20H,5-8,10-12H2,1-2H3. The van der Waals surface area contributed by atoms with Crippen LogP contribution in [0.5, 0.6) is 5.75 Å². The molecule has 1 saturated heterocycles. The zero-order valence-electron chi connectivity index (χ0n) is 13.9. The fourth-order valence-corrected chi connectivity index (χ4v) is 4.11. The van der Waals surface area contributed by atoms with Crippen LogP contribution in [0.1, 0.15) is 36.0 Å². The third-order valence-electron chi connectivity index (χ3n) is 5.17. The first-order valence-electron chi connectivity index (χ1n) is 8.34. The van der Waals surface area contributed by atoms with E-state index in [0.29, 0.717) is 21.9 Å². The van der Waals surface area contributed by atoms with Gasteiger partial charge in [0, 0.05) is 14.1 Å². The SMILES string of the molecule is CN(C)C(=O)c1ccc(OCC2CC3(CCNCC3)C2)cc1Cl. The van der Waals surface area contributed by atoms with Gasteiger partial charge < -0.3 is 15.0 Å². The summed E-state index contributed by atoms with van der Waals surface area (Å²) >= 11 is 6.21.